The van der Waals surface area contributed by atoms with Crippen LogP contribution in [0.25, 0.3) is 0 Å². The van der Waals surface area contributed by atoms with Crippen LogP contribution in [0.5, 0.6) is 0 Å². The maximum Gasteiger partial charge on any atom is 0.323 e. The molecule has 13 heavy (non-hydrogen) atoms. The van der Waals surface area contributed by atoms with Crippen molar-refractivity contribution in [2.24, 2.45) is 0 Å². The van der Waals surface area contributed by atoms with Crippen LogP contribution in [-0.2, 0) is 0 Å². The van der Waals surface area contributed by atoms with E-state index in [-0.39, 0.29) is 5.82 Å². The molecule has 0 bridgehead atoms. The second-order valence-corrected chi connectivity index (χ2v) is 4.49. The summed E-state index contributed by atoms with van der Waals surface area (Å²) >= 11 is 7.94. The summed E-state index contributed by atoms with van der Waals surface area (Å²) < 4.78 is 16.1. The molecule has 6 heteroatoms. The number of hydrogen-bond donors (Lipinski definition) is 1. The quantitative estimate of drug-likeness (QED) is 0.389. The van der Waals surface area contributed by atoms with Gasteiger partial charge in [0, 0.05) is 3.57 Å². The summed E-state index contributed by atoms with van der Waals surface area (Å²) in [7, 11) is 0. The fourth-order valence-corrected chi connectivity index (χ4v) is 2.01. The van der Waals surface area contributed by atoms with Gasteiger partial charge in [-0.2, -0.15) is 0 Å². The summed E-state index contributed by atoms with van der Waals surface area (Å²) in [6, 6.07) is 4.60. The fraction of sp³-hybridized carbons (Fsp3) is 0. The van der Waals surface area contributed by atoms with E-state index in [0.29, 0.717) is 4.90 Å². The van der Waals surface area contributed by atoms with Gasteiger partial charge in [-0.3, -0.25) is 9.52 Å². The molecule has 0 aliphatic rings. The van der Waals surface area contributed by atoms with Gasteiger partial charge in [0.25, 0.3) is 0 Å². The zero-order chi connectivity index (χ0) is 9.84. The molecular formula is C7H4ClFINOS. The van der Waals surface area contributed by atoms with Gasteiger partial charge in [0.05, 0.1) is 4.90 Å². The van der Waals surface area contributed by atoms with Crippen molar-refractivity contribution in [2.45, 2.75) is 4.90 Å². The maximum absolute atomic E-state index is 13.0. The minimum atomic E-state index is -0.719. The van der Waals surface area contributed by atoms with E-state index in [0.717, 1.165) is 15.5 Å². The van der Waals surface area contributed by atoms with E-state index in [1.165, 1.54) is 6.07 Å². The molecule has 0 atom stereocenters. The summed E-state index contributed by atoms with van der Waals surface area (Å²) in [5, 5.41) is -0.719. The molecule has 70 valence electrons. The SMILES string of the molecule is O=C(Cl)NSc1cc(I)ccc1F. The van der Waals surface area contributed by atoms with Gasteiger partial charge >= 0.3 is 5.37 Å². The van der Waals surface area contributed by atoms with Crippen molar-refractivity contribution in [3.8, 4) is 0 Å². The van der Waals surface area contributed by atoms with Gasteiger partial charge in [-0.25, -0.2) is 4.39 Å². The molecule has 0 saturated heterocycles. The topological polar surface area (TPSA) is 29.1 Å². The standard InChI is InChI=1S/C7H4ClFINOS/c8-7(12)11-13-6-3-4(10)1-2-5(6)9/h1-3H,(H,11,12). The van der Waals surface area contributed by atoms with Gasteiger partial charge < -0.3 is 0 Å². The Morgan fingerprint density at radius 3 is 2.92 bits per heavy atom. The van der Waals surface area contributed by atoms with Gasteiger partial charge in [0.2, 0.25) is 0 Å². The van der Waals surface area contributed by atoms with E-state index in [1.54, 1.807) is 12.1 Å². The monoisotopic (exact) mass is 331 g/mol. The highest BCUT2D eigenvalue weighted by molar-refractivity contribution is 14.1. The van der Waals surface area contributed by atoms with Crippen molar-refractivity contribution < 1.29 is 9.18 Å². The van der Waals surface area contributed by atoms with Crippen LogP contribution in [0, 0.1) is 9.39 Å². The molecule has 0 aromatic heterocycles. The van der Waals surface area contributed by atoms with Gasteiger partial charge in [0.15, 0.2) is 0 Å². The second kappa shape index (κ2) is 5.02. The van der Waals surface area contributed by atoms with E-state index in [2.05, 4.69) is 27.3 Å². The van der Waals surface area contributed by atoms with E-state index < -0.39 is 5.37 Å². The van der Waals surface area contributed by atoms with Crippen LogP contribution in [0.2, 0.25) is 0 Å². The van der Waals surface area contributed by atoms with Crippen LogP contribution in [0.3, 0.4) is 0 Å². The highest BCUT2D eigenvalue weighted by Crippen LogP contribution is 2.21. The van der Waals surface area contributed by atoms with E-state index in [9.17, 15) is 9.18 Å². The van der Waals surface area contributed by atoms with Gasteiger partial charge in [-0.05, 0) is 64.3 Å². The number of hydrogen-bond acceptors (Lipinski definition) is 2. The van der Waals surface area contributed by atoms with Crippen LogP contribution < -0.4 is 4.72 Å². The summed E-state index contributed by atoms with van der Waals surface area (Å²) in [5.74, 6) is -0.379. The predicted molar refractivity (Wildman–Crippen MR) is 59.4 cm³/mol. The van der Waals surface area contributed by atoms with E-state index in [1.807, 2.05) is 0 Å². The van der Waals surface area contributed by atoms with Crippen molar-refractivity contribution in [1.82, 2.24) is 4.72 Å². The molecule has 0 spiro atoms. The van der Waals surface area contributed by atoms with E-state index >= 15 is 0 Å². The first-order valence-corrected chi connectivity index (χ1v) is 5.44. The lowest BCUT2D eigenvalue weighted by atomic mass is 10.3. The third-order valence-electron chi connectivity index (χ3n) is 1.13. The molecule has 0 fully saturated rings. The number of nitrogens with one attached hydrogen (secondary N) is 1. The minimum absolute atomic E-state index is 0.348. The van der Waals surface area contributed by atoms with Gasteiger partial charge in [-0.15, -0.1) is 0 Å². The Morgan fingerprint density at radius 1 is 1.62 bits per heavy atom. The third kappa shape index (κ3) is 3.70. The molecule has 2 nitrogen and oxygen atoms in total. The van der Waals surface area contributed by atoms with Gasteiger partial charge in [-0.1, -0.05) is 0 Å². The van der Waals surface area contributed by atoms with Crippen LogP contribution in [0.1, 0.15) is 0 Å². The number of benzene rings is 1. The Bertz CT molecular complexity index is 336. The first kappa shape index (κ1) is 11.1. The molecule has 0 radical (unpaired) electrons. The molecule has 0 aliphatic heterocycles. The van der Waals surface area contributed by atoms with Crippen LogP contribution in [-0.4, -0.2) is 5.37 Å². The Morgan fingerprint density at radius 2 is 2.31 bits per heavy atom. The number of halogens is 3. The molecule has 0 unspecified atom stereocenters. The lowest BCUT2D eigenvalue weighted by molar-refractivity contribution is 0.264. The summed E-state index contributed by atoms with van der Waals surface area (Å²) in [6.45, 7) is 0. The Kier molecular flexibility index (Phi) is 4.27. The molecular weight excluding hydrogens is 328 g/mol. The molecule has 1 amide bonds. The summed E-state index contributed by atoms with van der Waals surface area (Å²) in [5.41, 5.74) is 0. The number of carbonyl (C=O) groups excluding carboxylic acids is 1. The molecule has 0 aliphatic carbocycles. The Labute approximate surface area is 97.5 Å². The maximum atomic E-state index is 13.0. The van der Waals surface area contributed by atoms with Crippen LogP contribution in [0.4, 0.5) is 9.18 Å². The molecule has 0 saturated carbocycles. The van der Waals surface area contributed by atoms with Gasteiger partial charge in [0.1, 0.15) is 5.82 Å². The Balaban J connectivity index is 2.75. The van der Waals surface area contributed by atoms with Crippen LogP contribution in [0.15, 0.2) is 23.1 Å². The fourth-order valence-electron chi connectivity index (χ4n) is 0.651. The van der Waals surface area contributed by atoms with Crippen molar-refractivity contribution in [2.75, 3.05) is 0 Å². The van der Waals surface area contributed by atoms with Crippen molar-refractivity contribution in [1.29, 1.82) is 0 Å². The average molecular weight is 332 g/mol. The minimum Gasteiger partial charge on any atom is -0.282 e. The molecule has 1 N–H and O–H groups in total. The highest BCUT2D eigenvalue weighted by Gasteiger charge is 2.04. The largest absolute Gasteiger partial charge is 0.323 e. The zero-order valence-corrected chi connectivity index (χ0v) is 9.91. The third-order valence-corrected chi connectivity index (χ3v) is 2.83. The number of rotatable bonds is 2. The highest BCUT2D eigenvalue weighted by atomic mass is 127. The second-order valence-electron chi connectivity index (χ2n) is 2.05. The summed E-state index contributed by atoms with van der Waals surface area (Å²) in [4.78, 5) is 10.7. The molecule has 1 rings (SSSR count). The molecule has 0 heterocycles. The normalized spacial score (nSPS) is 9.77. The van der Waals surface area contributed by atoms with Crippen molar-refractivity contribution in [3.05, 3.63) is 27.6 Å². The lowest BCUT2D eigenvalue weighted by Crippen LogP contribution is -2.05. The average Bonchev–Trinajstić information content (AvgIpc) is 2.06. The lowest BCUT2D eigenvalue weighted by Gasteiger charge is -2.01. The van der Waals surface area contributed by atoms with Crippen molar-refractivity contribution >= 4 is 51.5 Å². The van der Waals surface area contributed by atoms with E-state index in [4.69, 9.17) is 11.6 Å². The first-order valence-electron chi connectivity index (χ1n) is 3.17. The number of carbonyl (C=O) groups is 1. The molecule has 1 aromatic carbocycles. The molecule has 1 aromatic rings. The first-order chi connectivity index (χ1) is 6.09. The predicted octanol–water partition coefficient (Wildman–Crippen LogP) is 3.39. The van der Waals surface area contributed by atoms with Crippen LogP contribution >= 0.6 is 46.1 Å². The smallest absolute Gasteiger partial charge is 0.282 e. The summed E-state index contributed by atoms with van der Waals surface area (Å²) in [6.07, 6.45) is 0. The van der Waals surface area contributed by atoms with Crippen molar-refractivity contribution in [3.63, 3.8) is 0 Å². The number of amides is 1. The zero-order valence-electron chi connectivity index (χ0n) is 6.18. The Hall–Kier alpha value is -0.0100.